The Kier molecular flexibility index (Phi) is 3.05. The molecule has 17 heavy (non-hydrogen) atoms. The van der Waals surface area contributed by atoms with Crippen LogP contribution in [0.4, 0.5) is 4.79 Å². The van der Waals surface area contributed by atoms with Gasteiger partial charge < -0.3 is 5.32 Å². The van der Waals surface area contributed by atoms with Crippen molar-refractivity contribution in [1.82, 2.24) is 19.8 Å². The number of nitrogens with zero attached hydrogens (tertiary/aromatic N) is 3. The number of carbonyl (C=O) groups is 2. The maximum absolute atomic E-state index is 12.1. The molecule has 1 aromatic rings. The number of halogens is 1. The number of aromatic nitrogens is 2. The lowest BCUT2D eigenvalue weighted by Crippen LogP contribution is -2.43. The molecule has 1 fully saturated rings. The molecular weight excluding hydrogens is 264 g/mol. The SMILES string of the molecule is CCC1(C)NC(=O)N(Cc2nnsc2Cl)C1=O. The fourth-order valence-electron chi connectivity index (χ4n) is 1.57. The van der Waals surface area contributed by atoms with Crippen molar-refractivity contribution in [2.24, 2.45) is 0 Å². The standard InChI is InChI=1S/C9H11ClN4O2S/c1-3-9(2)7(15)14(8(16)11-9)4-5-6(10)17-13-12-5/h3-4H2,1-2H3,(H,11,16). The Labute approximate surface area is 107 Å². The molecule has 6 nitrogen and oxygen atoms in total. The molecule has 1 aliphatic rings. The first-order valence-electron chi connectivity index (χ1n) is 5.09. The molecule has 92 valence electrons. The van der Waals surface area contributed by atoms with Crippen LogP contribution < -0.4 is 5.32 Å². The summed E-state index contributed by atoms with van der Waals surface area (Å²) in [4.78, 5) is 24.9. The Morgan fingerprint density at radius 2 is 2.24 bits per heavy atom. The van der Waals surface area contributed by atoms with Gasteiger partial charge in [0, 0.05) is 11.5 Å². The van der Waals surface area contributed by atoms with Crippen molar-refractivity contribution in [2.75, 3.05) is 0 Å². The molecule has 2 rings (SSSR count). The molecule has 1 N–H and O–H groups in total. The zero-order chi connectivity index (χ0) is 12.6. The van der Waals surface area contributed by atoms with Gasteiger partial charge in [0.1, 0.15) is 15.6 Å². The zero-order valence-corrected chi connectivity index (χ0v) is 10.9. The molecule has 1 aliphatic heterocycles. The molecule has 0 aromatic carbocycles. The molecule has 8 heteroatoms. The fraction of sp³-hybridized carbons (Fsp3) is 0.556. The average molecular weight is 275 g/mol. The Hall–Kier alpha value is -1.21. The van der Waals surface area contributed by atoms with E-state index in [4.69, 9.17) is 11.6 Å². The Morgan fingerprint density at radius 3 is 2.71 bits per heavy atom. The first-order chi connectivity index (χ1) is 7.98. The van der Waals surface area contributed by atoms with Crippen molar-refractivity contribution in [3.63, 3.8) is 0 Å². The monoisotopic (exact) mass is 274 g/mol. The molecule has 0 saturated carbocycles. The van der Waals surface area contributed by atoms with Gasteiger partial charge in [-0.3, -0.25) is 9.69 Å². The van der Waals surface area contributed by atoms with Crippen LogP contribution in [-0.4, -0.2) is 32.0 Å². The molecule has 0 radical (unpaired) electrons. The van der Waals surface area contributed by atoms with Crippen molar-refractivity contribution in [3.05, 3.63) is 10.0 Å². The van der Waals surface area contributed by atoms with Crippen molar-refractivity contribution < 1.29 is 9.59 Å². The number of imide groups is 1. The quantitative estimate of drug-likeness (QED) is 0.846. The minimum Gasteiger partial charge on any atom is -0.323 e. The number of hydrogen-bond acceptors (Lipinski definition) is 5. The highest BCUT2D eigenvalue weighted by atomic mass is 35.5. The Balaban J connectivity index is 2.21. The third kappa shape index (κ3) is 2.00. The van der Waals surface area contributed by atoms with Gasteiger partial charge in [0.2, 0.25) is 0 Å². The van der Waals surface area contributed by atoms with E-state index in [-0.39, 0.29) is 12.5 Å². The summed E-state index contributed by atoms with van der Waals surface area (Å²) in [6.45, 7) is 3.61. The van der Waals surface area contributed by atoms with Gasteiger partial charge in [-0.1, -0.05) is 23.0 Å². The van der Waals surface area contributed by atoms with E-state index >= 15 is 0 Å². The molecule has 3 amide bonds. The van der Waals surface area contributed by atoms with E-state index in [2.05, 4.69) is 14.9 Å². The minimum atomic E-state index is -0.826. The maximum Gasteiger partial charge on any atom is 0.325 e. The summed E-state index contributed by atoms with van der Waals surface area (Å²) in [5, 5.41) is 6.45. The van der Waals surface area contributed by atoms with Crippen LogP contribution in [0.15, 0.2) is 0 Å². The lowest BCUT2D eigenvalue weighted by Gasteiger charge is -2.18. The lowest BCUT2D eigenvalue weighted by atomic mass is 9.99. The molecule has 0 aliphatic carbocycles. The largest absolute Gasteiger partial charge is 0.325 e. The summed E-state index contributed by atoms with van der Waals surface area (Å²) in [6, 6.07) is -0.414. The van der Waals surface area contributed by atoms with Crippen LogP contribution in [0.3, 0.4) is 0 Å². The highest BCUT2D eigenvalue weighted by Crippen LogP contribution is 2.25. The molecule has 1 unspecified atom stereocenters. The summed E-state index contributed by atoms with van der Waals surface area (Å²) < 4.78 is 4.06. The van der Waals surface area contributed by atoms with Gasteiger partial charge in [0.25, 0.3) is 5.91 Å². The number of hydrogen-bond donors (Lipinski definition) is 1. The van der Waals surface area contributed by atoms with E-state index in [1.807, 2.05) is 6.92 Å². The van der Waals surface area contributed by atoms with Crippen molar-refractivity contribution >= 4 is 35.1 Å². The number of urea groups is 1. The first kappa shape index (κ1) is 12.3. The predicted octanol–water partition coefficient (Wildman–Crippen LogP) is 1.41. The minimum absolute atomic E-state index is 0.0651. The molecular formula is C9H11ClN4O2S. The third-order valence-corrected chi connectivity index (χ3v) is 3.85. The fourth-order valence-corrected chi connectivity index (χ4v) is 2.18. The topological polar surface area (TPSA) is 75.2 Å². The van der Waals surface area contributed by atoms with Gasteiger partial charge in [-0.25, -0.2) is 4.79 Å². The smallest absolute Gasteiger partial charge is 0.323 e. The second-order valence-corrected chi connectivity index (χ2v) is 5.36. The van der Waals surface area contributed by atoms with E-state index in [1.54, 1.807) is 6.92 Å². The average Bonchev–Trinajstić information content (AvgIpc) is 2.78. The van der Waals surface area contributed by atoms with E-state index in [9.17, 15) is 9.59 Å². The van der Waals surface area contributed by atoms with Crippen LogP contribution in [0.25, 0.3) is 0 Å². The third-order valence-electron chi connectivity index (χ3n) is 2.87. The van der Waals surface area contributed by atoms with Gasteiger partial charge in [0.15, 0.2) is 0 Å². The summed E-state index contributed by atoms with van der Waals surface area (Å²) in [6.07, 6.45) is 0.539. The molecule has 0 bridgehead atoms. The van der Waals surface area contributed by atoms with Crippen LogP contribution in [0.2, 0.25) is 4.34 Å². The molecule has 1 aromatic heterocycles. The van der Waals surface area contributed by atoms with Gasteiger partial charge >= 0.3 is 6.03 Å². The normalized spacial score (nSPS) is 24.3. The molecule has 1 atom stereocenters. The van der Waals surface area contributed by atoms with Crippen molar-refractivity contribution in [2.45, 2.75) is 32.4 Å². The van der Waals surface area contributed by atoms with E-state index in [0.717, 1.165) is 16.4 Å². The lowest BCUT2D eigenvalue weighted by molar-refractivity contribution is -0.131. The summed E-state index contributed by atoms with van der Waals surface area (Å²) >= 11 is 6.87. The number of carbonyl (C=O) groups excluding carboxylic acids is 2. The second kappa shape index (κ2) is 4.23. The van der Waals surface area contributed by atoms with Gasteiger partial charge in [0.05, 0.1) is 6.54 Å². The number of rotatable bonds is 3. The Bertz CT molecular complexity index is 477. The highest BCUT2D eigenvalue weighted by molar-refractivity contribution is 7.10. The zero-order valence-electron chi connectivity index (χ0n) is 9.36. The van der Waals surface area contributed by atoms with Crippen LogP contribution in [0, 0.1) is 0 Å². The second-order valence-electron chi connectivity index (χ2n) is 4.00. The van der Waals surface area contributed by atoms with Crippen LogP contribution in [-0.2, 0) is 11.3 Å². The number of nitrogens with one attached hydrogen (secondary N) is 1. The van der Waals surface area contributed by atoms with Crippen LogP contribution in [0.1, 0.15) is 26.0 Å². The summed E-state index contributed by atoms with van der Waals surface area (Å²) in [5.74, 6) is -0.255. The van der Waals surface area contributed by atoms with Crippen LogP contribution >= 0.6 is 23.1 Å². The highest BCUT2D eigenvalue weighted by Gasteiger charge is 2.46. The Morgan fingerprint density at radius 1 is 1.53 bits per heavy atom. The molecule has 0 spiro atoms. The van der Waals surface area contributed by atoms with Gasteiger partial charge in [-0.2, -0.15) is 0 Å². The van der Waals surface area contributed by atoms with Crippen LogP contribution in [0.5, 0.6) is 0 Å². The maximum atomic E-state index is 12.1. The predicted molar refractivity (Wildman–Crippen MR) is 62.7 cm³/mol. The summed E-state index contributed by atoms with van der Waals surface area (Å²) in [7, 11) is 0. The van der Waals surface area contributed by atoms with E-state index in [1.165, 1.54) is 0 Å². The van der Waals surface area contributed by atoms with Gasteiger partial charge in [-0.05, 0) is 13.3 Å². The van der Waals surface area contributed by atoms with E-state index in [0.29, 0.717) is 16.5 Å². The van der Waals surface area contributed by atoms with E-state index < -0.39 is 11.6 Å². The summed E-state index contributed by atoms with van der Waals surface area (Å²) in [5.41, 5.74) is -0.381. The van der Waals surface area contributed by atoms with Crippen molar-refractivity contribution in [3.8, 4) is 0 Å². The van der Waals surface area contributed by atoms with Crippen molar-refractivity contribution in [1.29, 1.82) is 0 Å². The van der Waals surface area contributed by atoms with Gasteiger partial charge in [-0.15, -0.1) is 5.10 Å². The first-order valence-corrected chi connectivity index (χ1v) is 6.24. The number of amides is 3. The molecule has 2 heterocycles. The molecule has 1 saturated heterocycles.